The number of halogens is 1. The van der Waals surface area contributed by atoms with Crippen molar-refractivity contribution in [2.75, 3.05) is 5.32 Å². The van der Waals surface area contributed by atoms with Crippen molar-refractivity contribution in [1.82, 2.24) is 9.55 Å². The van der Waals surface area contributed by atoms with Crippen LogP contribution >= 0.6 is 15.9 Å². The molecule has 0 bridgehead atoms. The number of hydrogen-bond donors (Lipinski definition) is 2. The molecule has 0 unspecified atom stereocenters. The van der Waals surface area contributed by atoms with Gasteiger partial charge in [-0.1, -0.05) is 0 Å². The molecule has 0 spiro atoms. The van der Waals surface area contributed by atoms with Crippen molar-refractivity contribution in [3.8, 4) is 0 Å². The van der Waals surface area contributed by atoms with Gasteiger partial charge in [0.05, 0.1) is 5.56 Å². The number of carbonyl (C=O) groups is 1. The highest BCUT2D eigenvalue weighted by molar-refractivity contribution is 9.10. The van der Waals surface area contributed by atoms with E-state index in [1.807, 2.05) is 0 Å². The van der Waals surface area contributed by atoms with E-state index in [1.165, 1.54) is 22.9 Å². The summed E-state index contributed by atoms with van der Waals surface area (Å²) in [5, 5.41) is 11.6. The van der Waals surface area contributed by atoms with E-state index in [4.69, 9.17) is 5.11 Å². The fourth-order valence-corrected chi connectivity index (χ4v) is 2.03. The number of hydrogen-bond acceptors (Lipinski definition) is 4. The second-order valence-corrected chi connectivity index (χ2v) is 4.77. The number of carboxylic acid groups (broad SMARTS) is 1. The molecular formula is C12H10BrN3O3. The molecule has 0 aliphatic carbocycles. The minimum atomic E-state index is -1.04. The number of anilines is 2. The third kappa shape index (κ3) is 3.00. The molecule has 0 aliphatic rings. The molecule has 2 rings (SSSR count). The Morgan fingerprint density at radius 1 is 1.47 bits per heavy atom. The molecular weight excluding hydrogens is 314 g/mol. The van der Waals surface area contributed by atoms with E-state index in [0.717, 1.165) is 4.47 Å². The number of aromatic nitrogens is 2. The van der Waals surface area contributed by atoms with E-state index in [-0.39, 0.29) is 11.1 Å². The van der Waals surface area contributed by atoms with Crippen molar-refractivity contribution in [3.05, 3.63) is 51.0 Å². The number of carboxylic acids is 1. The Labute approximate surface area is 116 Å². The maximum absolute atomic E-state index is 11.9. The SMILES string of the molecule is Cn1cc(Br)cc(Nc2ccc(C(=O)O)cn2)c1=O. The maximum Gasteiger partial charge on any atom is 0.337 e. The lowest BCUT2D eigenvalue weighted by molar-refractivity contribution is 0.0696. The Morgan fingerprint density at radius 3 is 2.79 bits per heavy atom. The van der Waals surface area contributed by atoms with E-state index in [1.54, 1.807) is 19.3 Å². The molecule has 2 N–H and O–H groups in total. The van der Waals surface area contributed by atoms with Gasteiger partial charge in [0.25, 0.3) is 5.56 Å². The van der Waals surface area contributed by atoms with Gasteiger partial charge in [-0.2, -0.15) is 0 Å². The Morgan fingerprint density at radius 2 is 2.21 bits per heavy atom. The lowest BCUT2D eigenvalue weighted by atomic mass is 10.3. The van der Waals surface area contributed by atoms with Gasteiger partial charge >= 0.3 is 5.97 Å². The average molecular weight is 324 g/mol. The number of aryl methyl sites for hydroxylation is 1. The monoisotopic (exact) mass is 323 g/mol. The van der Waals surface area contributed by atoms with E-state index in [2.05, 4.69) is 26.2 Å². The number of nitrogens with one attached hydrogen (secondary N) is 1. The molecule has 0 amide bonds. The van der Waals surface area contributed by atoms with Gasteiger partial charge in [0.2, 0.25) is 0 Å². The molecule has 0 aromatic carbocycles. The van der Waals surface area contributed by atoms with Crippen LogP contribution in [-0.2, 0) is 7.05 Å². The van der Waals surface area contributed by atoms with E-state index < -0.39 is 5.97 Å². The maximum atomic E-state index is 11.9. The first-order valence-electron chi connectivity index (χ1n) is 5.30. The Hall–Kier alpha value is -2.15. The minimum Gasteiger partial charge on any atom is -0.478 e. The quantitative estimate of drug-likeness (QED) is 0.902. The van der Waals surface area contributed by atoms with Crippen LogP contribution in [0.3, 0.4) is 0 Å². The Balaban J connectivity index is 2.31. The average Bonchev–Trinajstić information content (AvgIpc) is 2.36. The van der Waals surface area contributed by atoms with Crippen molar-refractivity contribution in [2.24, 2.45) is 7.05 Å². The van der Waals surface area contributed by atoms with Gasteiger partial charge in [-0.25, -0.2) is 9.78 Å². The summed E-state index contributed by atoms with van der Waals surface area (Å²) in [6.45, 7) is 0. The van der Waals surface area contributed by atoms with Crippen LogP contribution in [0.4, 0.5) is 11.5 Å². The van der Waals surface area contributed by atoms with Gasteiger partial charge in [-0.3, -0.25) is 4.79 Å². The molecule has 0 saturated carbocycles. The van der Waals surface area contributed by atoms with Gasteiger partial charge in [0.1, 0.15) is 11.5 Å². The van der Waals surface area contributed by atoms with Gasteiger partial charge in [-0.15, -0.1) is 0 Å². The predicted molar refractivity (Wildman–Crippen MR) is 73.9 cm³/mol. The van der Waals surface area contributed by atoms with Crippen molar-refractivity contribution in [1.29, 1.82) is 0 Å². The zero-order chi connectivity index (χ0) is 14.0. The standard InChI is InChI=1S/C12H10BrN3O3/c1-16-6-8(13)4-9(11(16)17)15-10-3-2-7(5-14-10)12(18)19/h2-6H,1H3,(H,14,15)(H,18,19). The van der Waals surface area contributed by atoms with Crippen LogP contribution in [0.15, 0.2) is 39.9 Å². The third-order valence-electron chi connectivity index (χ3n) is 2.42. The molecule has 2 aromatic rings. The molecule has 0 radical (unpaired) electrons. The lowest BCUT2D eigenvalue weighted by Crippen LogP contribution is -2.19. The summed E-state index contributed by atoms with van der Waals surface area (Å²) in [4.78, 5) is 26.5. The molecule has 19 heavy (non-hydrogen) atoms. The van der Waals surface area contributed by atoms with Crippen LogP contribution in [0.25, 0.3) is 0 Å². The highest BCUT2D eigenvalue weighted by Crippen LogP contribution is 2.15. The first-order valence-corrected chi connectivity index (χ1v) is 6.09. The molecule has 2 heterocycles. The highest BCUT2D eigenvalue weighted by Gasteiger charge is 2.06. The molecule has 0 aliphatic heterocycles. The van der Waals surface area contributed by atoms with Gasteiger partial charge in [0.15, 0.2) is 0 Å². The van der Waals surface area contributed by atoms with Gasteiger partial charge < -0.3 is 15.0 Å². The zero-order valence-corrected chi connectivity index (χ0v) is 11.5. The normalized spacial score (nSPS) is 10.2. The van der Waals surface area contributed by atoms with Crippen LogP contribution in [0.5, 0.6) is 0 Å². The zero-order valence-electron chi connectivity index (χ0n) is 9.92. The molecule has 0 saturated heterocycles. The van der Waals surface area contributed by atoms with Crippen LogP contribution in [0.2, 0.25) is 0 Å². The van der Waals surface area contributed by atoms with E-state index >= 15 is 0 Å². The van der Waals surface area contributed by atoms with Crippen LogP contribution in [0, 0.1) is 0 Å². The first kappa shape index (κ1) is 13.3. The van der Waals surface area contributed by atoms with Crippen LogP contribution < -0.4 is 10.9 Å². The van der Waals surface area contributed by atoms with E-state index in [0.29, 0.717) is 11.5 Å². The number of rotatable bonds is 3. The summed E-state index contributed by atoms with van der Waals surface area (Å²) < 4.78 is 2.18. The summed E-state index contributed by atoms with van der Waals surface area (Å²) in [6.07, 6.45) is 2.88. The predicted octanol–water partition coefficient (Wildman–Crippen LogP) is 1.98. The number of aromatic carboxylic acids is 1. The fourth-order valence-electron chi connectivity index (χ4n) is 1.49. The molecule has 0 atom stereocenters. The second kappa shape index (κ2) is 5.23. The number of pyridine rings is 2. The van der Waals surface area contributed by atoms with Crippen LogP contribution in [0.1, 0.15) is 10.4 Å². The van der Waals surface area contributed by atoms with Crippen LogP contribution in [-0.4, -0.2) is 20.6 Å². The van der Waals surface area contributed by atoms with Crippen molar-refractivity contribution in [2.45, 2.75) is 0 Å². The van der Waals surface area contributed by atoms with Gasteiger partial charge in [-0.05, 0) is 34.1 Å². The van der Waals surface area contributed by atoms with Crippen molar-refractivity contribution < 1.29 is 9.90 Å². The largest absolute Gasteiger partial charge is 0.478 e. The van der Waals surface area contributed by atoms with E-state index in [9.17, 15) is 9.59 Å². The highest BCUT2D eigenvalue weighted by atomic mass is 79.9. The summed E-state index contributed by atoms with van der Waals surface area (Å²) in [7, 11) is 1.64. The topological polar surface area (TPSA) is 84.2 Å². The Kier molecular flexibility index (Phi) is 3.66. The fraction of sp³-hybridized carbons (Fsp3) is 0.0833. The molecule has 6 nitrogen and oxygen atoms in total. The minimum absolute atomic E-state index is 0.0905. The molecule has 98 valence electrons. The van der Waals surface area contributed by atoms with Crippen molar-refractivity contribution in [3.63, 3.8) is 0 Å². The summed E-state index contributed by atoms with van der Waals surface area (Å²) in [6, 6.07) is 4.55. The first-order chi connectivity index (χ1) is 8.97. The summed E-state index contributed by atoms with van der Waals surface area (Å²) >= 11 is 3.29. The summed E-state index contributed by atoms with van der Waals surface area (Å²) in [5.41, 5.74) is 0.243. The van der Waals surface area contributed by atoms with Gasteiger partial charge in [0, 0.05) is 23.9 Å². The molecule has 0 fully saturated rings. The molecule has 2 aromatic heterocycles. The Bertz CT molecular complexity index is 680. The second-order valence-electron chi connectivity index (χ2n) is 3.85. The molecule has 7 heteroatoms. The summed E-state index contributed by atoms with van der Waals surface area (Å²) in [5.74, 6) is -0.641. The number of nitrogens with zero attached hydrogens (tertiary/aromatic N) is 2. The smallest absolute Gasteiger partial charge is 0.337 e. The lowest BCUT2D eigenvalue weighted by Gasteiger charge is -2.07. The van der Waals surface area contributed by atoms with Crippen molar-refractivity contribution >= 4 is 33.4 Å². The third-order valence-corrected chi connectivity index (χ3v) is 2.86.